The molecule has 4 rings (SSSR count). The first-order chi connectivity index (χ1) is 14.2. The third-order valence-electron chi connectivity index (χ3n) is 4.92. The first kappa shape index (κ1) is 18.7. The van der Waals surface area contributed by atoms with Gasteiger partial charge in [0.1, 0.15) is 11.4 Å². The predicted octanol–water partition coefficient (Wildman–Crippen LogP) is 3.94. The number of benzene rings is 2. The molecule has 0 atom stereocenters. The van der Waals surface area contributed by atoms with Crippen molar-refractivity contribution in [3.63, 3.8) is 0 Å². The Morgan fingerprint density at radius 3 is 2.79 bits per heavy atom. The number of carbonyl (C=O) groups excluding carboxylic acids is 2. The Morgan fingerprint density at radius 1 is 1.07 bits per heavy atom. The molecule has 0 saturated heterocycles. The second-order valence-electron chi connectivity index (χ2n) is 6.80. The van der Waals surface area contributed by atoms with Gasteiger partial charge in [-0.3, -0.25) is 14.6 Å². The Labute approximate surface area is 169 Å². The number of pyridine rings is 1. The van der Waals surface area contributed by atoms with Crippen LogP contribution in [0.3, 0.4) is 0 Å². The fourth-order valence-electron chi connectivity index (χ4n) is 3.48. The summed E-state index contributed by atoms with van der Waals surface area (Å²) in [6, 6.07) is 18.1. The van der Waals surface area contributed by atoms with Crippen LogP contribution in [-0.2, 0) is 6.42 Å². The van der Waals surface area contributed by atoms with Gasteiger partial charge >= 0.3 is 0 Å². The minimum atomic E-state index is -0.311. The van der Waals surface area contributed by atoms with Gasteiger partial charge in [0, 0.05) is 35.7 Å². The van der Waals surface area contributed by atoms with Crippen molar-refractivity contribution < 1.29 is 14.3 Å². The van der Waals surface area contributed by atoms with Gasteiger partial charge in [0.25, 0.3) is 11.8 Å². The summed E-state index contributed by atoms with van der Waals surface area (Å²) >= 11 is 0. The molecule has 2 aromatic carbocycles. The van der Waals surface area contributed by atoms with Crippen molar-refractivity contribution in [1.82, 2.24) is 4.98 Å². The lowest BCUT2D eigenvalue weighted by molar-refractivity contribution is 0.0980. The molecule has 0 aliphatic carbocycles. The number of amides is 2. The smallest absolute Gasteiger partial charge is 0.276 e. The van der Waals surface area contributed by atoms with Gasteiger partial charge in [0.05, 0.1) is 7.11 Å². The lowest BCUT2D eigenvalue weighted by atomic mass is 10.0. The molecule has 2 amide bonds. The number of ether oxygens (including phenoxy) is 1. The van der Waals surface area contributed by atoms with Crippen molar-refractivity contribution >= 4 is 23.2 Å². The molecule has 0 saturated carbocycles. The number of nitrogens with one attached hydrogen (secondary N) is 1. The van der Waals surface area contributed by atoms with E-state index in [1.54, 1.807) is 42.3 Å². The number of aryl methyl sites for hydroxylation is 1. The van der Waals surface area contributed by atoms with E-state index in [1.807, 2.05) is 24.3 Å². The minimum Gasteiger partial charge on any atom is -0.497 e. The zero-order chi connectivity index (χ0) is 20.2. The quantitative estimate of drug-likeness (QED) is 0.736. The van der Waals surface area contributed by atoms with Crippen LogP contribution in [0.2, 0.25) is 0 Å². The van der Waals surface area contributed by atoms with Crippen molar-refractivity contribution in [2.45, 2.75) is 12.8 Å². The molecule has 6 nitrogen and oxygen atoms in total. The molecule has 0 spiro atoms. The molecule has 1 aliphatic heterocycles. The zero-order valence-electron chi connectivity index (χ0n) is 16.1. The average molecular weight is 387 g/mol. The highest BCUT2D eigenvalue weighted by atomic mass is 16.5. The lowest BCUT2D eigenvalue weighted by Crippen LogP contribution is -2.36. The van der Waals surface area contributed by atoms with Crippen LogP contribution in [0.15, 0.2) is 66.9 Å². The van der Waals surface area contributed by atoms with Crippen LogP contribution in [0.25, 0.3) is 0 Å². The molecule has 0 unspecified atom stereocenters. The zero-order valence-corrected chi connectivity index (χ0v) is 16.1. The van der Waals surface area contributed by atoms with Gasteiger partial charge in [-0.2, -0.15) is 0 Å². The topological polar surface area (TPSA) is 71.5 Å². The molecule has 1 N–H and O–H groups in total. The number of carbonyl (C=O) groups is 2. The Balaban J connectivity index is 1.56. The molecular formula is C23H21N3O3. The van der Waals surface area contributed by atoms with Crippen LogP contribution in [0.4, 0.5) is 11.4 Å². The van der Waals surface area contributed by atoms with Crippen LogP contribution in [0, 0.1) is 0 Å². The summed E-state index contributed by atoms with van der Waals surface area (Å²) in [5.41, 5.74) is 3.30. The van der Waals surface area contributed by atoms with Crippen LogP contribution in [0.1, 0.15) is 32.8 Å². The normalized spacial score (nSPS) is 12.8. The molecule has 1 aliphatic rings. The largest absolute Gasteiger partial charge is 0.497 e. The molecular weight excluding hydrogens is 366 g/mol. The maximum Gasteiger partial charge on any atom is 0.276 e. The van der Waals surface area contributed by atoms with E-state index in [2.05, 4.69) is 10.3 Å². The Morgan fingerprint density at radius 2 is 1.93 bits per heavy atom. The van der Waals surface area contributed by atoms with E-state index >= 15 is 0 Å². The van der Waals surface area contributed by atoms with Crippen LogP contribution in [-0.4, -0.2) is 30.5 Å². The van der Waals surface area contributed by atoms with Gasteiger partial charge < -0.3 is 15.0 Å². The van der Waals surface area contributed by atoms with Gasteiger partial charge in [-0.15, -0.1) is 0 Å². The summed E-state index contributed by atoms with van der Waals surface area (Å²) in [6.07, 6.45) is 3.35. The summed E-state index contributed by atoms with van der Waals surface area (Å²) in [7, 11) is 1.57. The Bertz CT molecular complexity index is 1060. The molecule has 29 heavy (non-hydrogen) atoms. The maximum absolute atomic E-state index is 13.1. The highest BCUT2D eigenvalue weighted by Crippen LogP contribution is 2.28. The molecule has 146 valence electrons. The van der Waals surface area contributed by atoms with E-state index in [1.165, 1.54) is 12.3 Å². The third kappa shape index (κ3) is 3.96. The molecule has 3 aromatic rings. The van der Waals surface area contributed by atoms with E-state index in [-0.39, 0.29) is 17.5 Å². The van der Waals surface area contributed by atoms with Gasteiger partial charge in [0.15, 0.2) is 0 Å². The number of hydrogen-bond acceptors (Lipinski definition) is 4. The van der Waals surface area contributed by atoms with Crippen molar-refractivity contribution in [1.29, 1.82) is 0 Å². The van der Waals surface area contributed by atoms with E-state index in [9.17, 15) is 9.59 Å². The molecule has 0 fully saturated rings. The number of rotatable bonds is 4. The standard InChI is InChI=1S/C23H21N3O3/c1-29-19-9-4-8-18(15-19)25-22(27)17-11-12-24-20(14-17)23(28)26-13-5-7-16-6-2-3-10-21(16)26/h2-4,6,8-12,14-15H,5,7,13H2,1H3,(H,25,27). The number of para-hydroxylation sites is 1. The molecule has 0 radical (unpaired) electrons. The average Bonchev–Trinajstić information content (AvgIpc) is 2.78. The van der Waals surface area contributed by atoms with E-state index in [0.717, 1.165) is 24.1 Å². The highest BCUT2D eigenvalue weighted by Gasteiger charge is 2.24. The number of aromatic nitrogens is 1. The molecule has 6 heteroatoms. The van der Waals surface area contributed by atoms with Crippen molar-refractivity contribution in [2.75, 3.05) is 23.9 Å². The van der Waals surface area contributed by atoms with Gasteiger partial charge in [0.2, 0.25) is 0 Å². The molecule has 2 heterocycles. The fraction of sp³-hybridized carbons (Fsp3) is 0.174. The van der Waals surface area contributed by atoms with Crippen LogP contribution in [0.5, 0.6) is 5.75 Å². The predicted molar refractivity (Wildman–Crippen MR) is 112 cm³/mol. The van der Waals surface area contributed by atoms with Gasteiger partial charge in [-0.25, -0.2) is 0 Å². The number of nitrogens with zero attached hydrogens (tertiary/aromatic N) is 2. The lowest BCUT2D eigenvalue weighted by Gasteiger charge is -2.29. The SMILES string of the molecule is COc1cccc(NC(=O)c2ccnc(C(=O)N3CCCc4ccccc43)c2)c1. The van der Waals surface area contributed by atoms with E-state index in [0.29, 0.717) is 23.5 Å². The second-order valence-corrected chi connectivity index (χ2v) is 6.80. The van der Waals surface area contributed by atoms with Crippen molar-refractivity contribution in [2.24, 2.45) is 0 Å². The Hall–Kier alpha value is -3.67. The minimum absolute atomic E-state index is 0.201. The van der Waals surface area contributed by atoms with Crippen molar-refractivity contribution in [3.05, 3.63) is 83.7 Å². The van der Waals surface area contributed by atoms with Gasteiger partial charge in [-0.05, 0) is 48.7 Å². The van der Waals surface area contributed by atoms with E-state index < -0.39 is 0 Å². The van der Waals surface area contributed by atoms with Gasteiger partial charge in [-0.1, -0.05) is 24.3 Å². The molecule has 0 bridgehead atoms. The first-order valence-corrected chi connectivity index (χ1v) is 9.47. The first-order valence-electron chi connectivity index (χ1n) is 9.47. The number of anilines is 2. The van der Waals surface area contributed by atoms with Crippen LogP contribution < -0.4 is 15.0 Å². The highest BCUT2D eigenvalue weighted by molar-refractivity contribution is 6.09. The second kappa shape index (κ2) is 8.14. The number of hydrogen-bond donors (Lipinski definition) is 1. The number of fused-ring (bicyclic) bond motifs is 1. The Kier molecular flexibility index (Phi) is 5.24. The molecule has 1 aromatic heterocycles. The summed E-state index contributed by atoms with van der Waals surface area (Å²) in [4.78, 5) is 31.7. The maximum atomic E-state index is 13.1. The fourth-order valence-corrected chi connectivity index (χ4v) is 3.48. The monoisotopic (exact) mass is 387 g/mol. The summed E-state index contributed by atoms with van der Waals surface area (Å²) in [5.74, 6) is 0.138. The number of methoxy groups -OCH3 is 1. The summed E-state index contributed by atoms with van der Waals surface area (Å²) in [6.45, 7) is 0.637. The van der Waals surface area contributed by atoms with E-state index in [4.69, 9.17) is 4.74 Å². The van der Waals surface area contributed by atoms with Crippen LogP contribution >= 0.6 is 0 Å². The third-order valence-corrected chi connectivity index (χ3v) is 4.92. The summed E-state index contributed by atoms with van der Waals surface area (Å²) in [5, 5.41) is 2.82. The summed E-state index contributed by atoms with van der Waals surface area (Å²) < 4.78 is 5.18. The van der Waals surface area contributed by atoms with Crippen molar-refractivity contribution in [3.8, 4) is 5.75 Å².